The van der Waals surface area contributed by atoms with Crippen molar-refractivity contribution in [1.82, 2.24) is 9.78 Å². The van der Waals surface area contributed by atoms with E-state index >= 15 is 0 Å². The molecule has 1 saturated carbocycles. The van der Waals surface area contributed by atoms with Gasteiger partial charge in [0.2, 0.25) is 0 Å². The van der Waals surface area contributed by atoms with Gasteiger partial charge in [0.1, 0.15) is 0 Å². The smallest absolute Gasteiger partial charge is 0.303 e. The van der Waals surface area contributed by atoms with Crippen LogP contribution in [0.25, 0.3) is 0 Å². The largest absolute Gasteiger partial charge is 0.481 e. The predicted molar refractivity (Wildman–Crippen MR) is 55.6 cm³/mol. The number of hydrogen-bond acceptors (Lipinski definition) is 2. The van der Waals surface area contributed by atoms with E-state index in [1.165, 1.54) is 0 Å². The van der Waals surface area contributed by atoms with E-state index in [9.17, 15) is 4.79 Å². The molecule has 4 heteroatoms. The minimum Gasteiger partial charge on any atom is -0.481 e. The second-order valence-corrected chi connectivity index (χ2v) is 4.66. The molecular formula is C11H16N2O2. The van der Waals surface area contributed by atoms with Crippen LogP contribution in [0, 0.1) is 19.3 Å². The predicted octanol–water partition coefficient (Wildman–Crippen LogP) is 1.75. The van der Waals surface area contributed by atoms with Gasteiger partial charge in [-0.15, -0.1) is 0 Å². The average molecular weight is 208 g/mol. The van der Waals surface area contributed by atoms with E-state index in [-0.39, 0.29) is 11.8 Å². The summed E-state index contributed by atoms with van der Waals surface area (Å²) in [5.74, 6) is -0.700. The molecule has 0 unspecified atom stereocenters. The molecule has 15 heavy (non-hydrogen) atoms. The molecule has 1 aromatic heterocycles. The Labute approximate surface area is 88.9 Å². The standard InChI is InChI=1S/C11H16N2O2/c1-8-5-9(2)13(12-8)7-11(3-4-11)6-10(14)15/h5H,3-4,6-7H2,1-2H3,(H,14,15). The van der Waals surface area contributed by atoms with Crippen LogP contribution in [0.5, 0.6) is 0 Å². The van der Waals surface area contributed by atoms with E-state index in [2.05, 4.69) is 5.10 Å². The monoisotopic (exact) mass is 208 g/mol. The van der Waals surface area contributed by atoms with Crippen molar-refractivity contribution in [3.05, 3.63) is 17.5 Å². The van der Waals surface area contributed by atoms with Crippen molar-refractivity contribution in [2.24, 2.45) is 5.41 Å². The molecule has 82 valence electrons. The van der Waals surface area contributed by atoms with Crippen molar-refractivity contribution in [3.8, 4) is 0 Å². The summed E-state index contributed by atoms with van der Waals surface area (Å²) in [5, 5.41) is 13.2. The van der Waals surface area contributed by atoms with Crippen LogP contribution in [0.2, 0.25) is 0 Å². The van der Waals surface area contributed by atoms with Crippen molar-refractivity contribution < 1.29 is 9.90 Å². The fraction of sp³-hybridized carbons (Fsp3) is 0.636. The molecule has 0 spiro atoms. The van der Waals surface area contributed by atoms with Gasteiger partial charge >= 0.3 is 5.97 Å². The van der Waals surface area contributed by atoms with Gasteiger partial charge in [-0.2, -0.15) is 5.10 Å². The van der Waals surface area contributed by atoms with Gasteiger partial charge in [0, 0.05) is 17.7 Å². The molecule has 0 aromatic carbocycles. The fourth-order valence-corrected chi connectivity index (χ4v) is 2.04. The molecule has 1 aliphatic rings. The number of aliphatic carboxylic acids is 1. The molecule has 0 saturated heterocycles. The lowest BCUT2D eigenvalue weighted by Crippen LogP contribution is -2.17. The summed E-state index contributed by atoms with van der Waals surface area (Å²) in [6.45, 7) is 4.72. The fourth-order valence-electron chi connectivity index (χ4n) is 2.04. The van der Waals surface area contributed by atoms with Gasteiger partial charge in [0.15, 0.2) is 0 Å². The number of aromatic nitrogens is 2. The second kappa shape index (κ2) is 3.36. The summed E-state index contributed by atoms with van der Waals surface area (Å²) in [4.78, 5) is 10.7. The third kappa shape index (κ3) is 2.19. The van der Waals surface area contributed by atoms with Gasteiger partial charge in [-0.25, -0.2) is 0 Å². The minimum absolute atomic E-state index is 0.0188. The van der Waals surface area contributed by atoms with Gasteiger partial charge in [-0.05, 0) is 32.8 Å². The Bertz CT molecular complexity index is 391. The maximum atomic E-state index is 10.7. The Kier molecular flexibility index (Phi) is 2.29. The number of rotatable bonds is 4. The highest BCUT2D eigenvalue weighted by molar-refractivity contribution is 5.68. The summed E-state index contributed by atoms with van der Waals surface area (Å²) in [5.41, 5.74) is 2.09. The SMILES string of the molecule is Cc1cc(C)n(CC2(CC(=O)O)CC2)n1. The quantitative estimate of drug-likeness (QED) is 0.820. The second-order valence-electron chi connectivity index (χ2n) is 4.66. The van der Waals surface area contributed by atoms with Crippen molar-refractivity contribution in [3.63, 3.8) is 0 Å². The van der Waals surface area contributed by atoms with E-state index in [0.717, 1.165) is 30.8 Å². The van der Waals surface area contributed by atoms with Crippen LogP contribution < -0.4 is 0 Å². The van der Waals surface area contributed by atoms with Crippen LogP contribution in [0.15, 0.2) is 6.07 Å². The van der Waals surface area contributed by atoms with Gasteiger partial charge in [-0.1, -0.05) is 0 Å². The third-order valence-electron chi connectivity index (χ3n) is 3.07. The maximum absolute atomic E-state index is 10.7. The van der Waals surface area contributed by atoms with Crippen LogP contribution in [0.3, 0.4) is 0 Å². The lowest BCUT2D eigenvalue weighted by Gasteiger charge is -2.13. The zero-order chi connectivity index (χ0) is 11.1. The van der Waals surface area contributed by atoms with Crippen LogP contribution in [0.1, 0.15) is 30.7 Å². The molecule has 0 atom stereocenters. The first-order chi connectivity index (χ1) is 7.01. The van der Waals surface area contributed by atoms with Crippen molar-refractivity contribution in [1.29, 1.82) is 0 Å². The third-order valence-corrected chi connectivity index (χ3v) is 3.07. The molecule has 0 amide bonds. The highest BCUT2D eigenvalue weighted by Gasteiger charge is 2.45. The molecule has 1 aromatic rings. The van der Waals surface area contributed by atoms with Gasteiger partial charge in [0.25, 0.3) is 0 Å². The number of nitrogens with zero attached hydrogens (tertiary/aromatic N) is 2. The molecule has 4 nitrogen and oxygen atoms in total. The van der Waals surface area contributed by atoms with Crippen LogP contribution in [-0.4, -0.2) is 20.9 Å². The van der Waals surface area contributed by atoms with Crippen molar-refractivity contribution in [2.75, 3.05) is 0 Å². The Hall–Kier alpha value is -1.32. The number of aryl methyl sites for hydroxylation is 2. The molecule has 0 radical (unpaired) electrons. The number of carbonyl (C=O) groups is 1. The molecule has 0 bridgehead atoms. The first kappa shape index (κ1) is 10.2. The Morgan fingerprint density at radius 1 is 1.60 bits per heavy atom. The summed E-state index contributed by atoms with van der Waals surface area (Å²) in [6.07, 6.45) is 2.29. The summed E-state index contributed by atoms with van der Waals surface area (Å²) < 4.78 is 1.94. The lowest BCUT2D eigenvalue weighted by atomic mass is 10.0. The molecule has 1 fully saturated rings. The minimum atomic E-state index is -0.700. The number of carboxylic acid groups (broad SMARTS) is 1. The van der Waals surface area contributed by atoms with Crippen LogP contribution in [-0.2, 0) is 11.3 Å². The van der Waals surface area contributed by atoms with E-state index in [4.69, 9.17) is 5.11 Å². The highest BCUT2D eigenvalue weighted by atomic mass is 16.4. The Morgan fingerprint density at radius 3 is 2.67 bits per heavy atom. The number of hydrogen-bond donors (Lipinski definition) is 1. The molecule has 0 aliphatic heterocycles. The average Bonchev–Trinajstić information content (AvgIpc) is 2.74. The highest BCUT2D eigenvalue weighted by Crippen LogP contribution is 2.50. The molecular weight excluding hydrogens is 192 g/mol. The normalized spacial score (nSPS) is 17.7. The molecule has 2 rings (SSSR count). The van der Waals surface area contributed by atoms with E-state index in [0.29, 0.717) is 0 Å². The summed E-state index contributed by atoms with van der Waals surface area (Å²) in [6, 6.07) is 2.02. The maximum Gasteiger partial charge on any atom is 0.303 e. The first-order valence-corrected chi connectivity index (χ1v) is 5.24. The molecule has 1 N–H and O–H groups in total. The van der Waals surface area contributed by atoms with Crippen molar-refractivity contribution in [2.45, 2.75) is 39.7 Å². The Morgan fingerprint density at radius 2 is 2.27 bits per heavy atom. The van der Waals surface area contributed by atoms with E-state index < -0.39 is 5.97 Å². The van der Waals surface area contributed by atoms with Crippen LogP contribution in [0.4, 0.5) is 0 Å². The van der Waals surface area contributed by atoms with Gasteiger partial charge in [-0.3, -0.25) is 9.48 Å². The van der Waals surface area contributed by atoms with Crippen molar-refractivity contribution >= 4 is 5.97 Å². The first-order valence-electron chi connectivity index (χ1n) is 5.24. The van der Waals surface area contributed by atoms with E-state index in [1.807, 2.05) is 24.6 Å². The zero-order valence-electron chi connectivity index (χ0n) is 9.16. The summed E-state index contributed by atoms with van der Waals surface area (Å²) in [7, 11) is 0. The lowest BCUT2D eigenvalue weighted by molar-refractivity contribution is -0.138. The Balaban J connectivity index is 2.08. The van der Waals surface area contributed by atoms with Crippen LogP contribution >= 0.6 is 0 Å². The topological polar surface area (TPSA) is 55.1 Å². The molecule has 1 aliphatic carbocycles. The summed E-state index contributed by atoms with van der Waals surface area (Å²) >= 11 is 0. The molecule has 1 heterocycles. The van der Waals surface area contributed by atoms with E-state index in [1.54, 1.807) is 0 Å². The van der Waals surface area contributed by atoms with Gasteiger partial charge in [0.05, 0.1) is 12.1 Å². The number of carboxylic acids is 1. The zero-order valence-corrected chi connectivity index (χ0v) is 9.16. The van der Waals surface area contributed by atoms with Gasteiger partial charge < -0.3 is 5.11 Å².